The molecule has 130 valence electrons. The molecule has 0 aliphatic rings. The van der Waals surface area contributed by atoms with Crippen LogP contribution in [0.2, 0.25) is 0 Å². The molecule has 0 saturated heterocycles. The van der Waals surface area contributed by atoms with Gasteiger partial charge in [0.1, 0.15) is 34.7 Å². The van der Waals surface area contributed by atoms with Gasteiger partial charge in [0.25, 0.3) is 5.95 Å². The first-order valence-electron chi connectivity index (χ1n) is 7.29. The average Bonchev–Trinajstić information content (AvgIpc) is 3.03. The number of rotatable bonds is 5. The number of nitrogen functional groups attached to an aromatic ring is 1. The van der Waals surface area contributed by atoms with E-state index in [9.17, 15) is 10.1 Å². The minimum Gasteiger partial charge on any atom is -0.497 e. The Hall–Kier alpha value is -4.13. The topological polar surface area (TPSA) is 152 Å². The third-order valence-electron chi connectivity index (χ3n) is 3.42. The predicted molar refractivity (Wildman–Crippen MR) is 91.5 cm³/mol. The van der Waals surface area contributed by atoms with Gasteiger partial charge in [0, 0.05) is 11.8 Å². The highest BCUT2D eigenvalue weighted by atomic mass is 16.5. The fourth-order valence-corrected chi connectivity index (χ4v) is 2.15. The van der Waals surface area contributed by atoms with Crippen LogP contribution >= 0.6 is 0 Å². The summed E-state index contributed by atoms with van der Waals surface area (Å²) in [7, 11) is 1.57. The van der Waals surface area contributed by atoms with Crippen molar-refractivity contribution >= 4 is 23.3 Å². The molecule has 2 aromatic heterocycles. The van der Waals surface area contributed by atoms with Gasteiger partial charge in [0.15, 0.2) is 0 Å². The monoisotopic (exact) mass is 351 g/mol. The van der Waals surface area contributed by atoms with Crippen molar-refractivity contribution in [1.82, 2.24) is 19.7 Å². The van der Waals surface area contributed by atoms with Crippen molar-refractivity contribution in [3.05, 3.63) is 47.8 Å². The molecule has 10 nitrogen and oxygen atoms in total. The molecule has 0 spiro atoms. The van der Waals surface area contributed by atoms with Crippen LogP contribution in [0.5, 0.6) is 5.75 Å². The molecular weight excluding hydrogens is 338 g/mol. The van der Waals surface area contributed by atoms with Gasteiger partial charge >= 0.3 is 5.97 Å². The SMILES string of the molecule is COc1ccc(Nc2cc(C#N)nc(-n3ncc(C(=O)O)c3N)n2)cc1. The van der Waals surface area contributed by atoms with Gasteiger partial charge in [-0.2, -0.15) is 25.0 Å². The second-order valence-electron chi connectivity index (χ2n) is 5.06. The number of nitrogens with one attached hydrogen (secondary N) is 1. The zero-order chi connectivity index (χ0) is 18.7. The molecule has 0 amide bonds. The summed E-state index contributed by atoms with van der Waals surface area (Å²) in [6.45, 7) is 0. The summed E-state index contributed by atoms with van der Waals surface area (Å²) in [6, 6.07) is 10.4. The number of hydrogen-bond donors (Lipinski definition) is 3. The maximum absolute atomic E-state index is 11.1. The molecule has 3 aromatic rings. The minimum absolute atomic E-state index is 0.0231. The molecule has 0 atom stereocenters. The predicted octanol–water partition coefficient (Wildman–Crippen LogP) is 1.57. The number of methoxy groups -OCH3 is 1. The lowest BCUT2D eigenvalue weighted by atomic mass is 10.3. The molecule has 0 bridgehead atoms. The highest BCUT2D eigenvalue weighted by Gasteiger charge is 2.17. The fraction of sp³-hybridized carbons (Fsp3) is 0.0625. The average molecular weight is 351 g/mol. The number of nitrogens with two attached hydrogens (primary N) is 1. The summed E-state index contributed by atoms with van der Waals surface area (Å²) >= 11 is 0. The van der Waals surface area contributed by atoms with Crippen molar-refractivity contribution in [3.63, 3.8) is 0 Å². The molecule has 10 heteroatoms. The van der Waals surface area contributed by atoms with Gasteiger partial charge in [0.2, 0.25) is 0 Å². The summed E-state index contributed by atoms with van der Waals surface area (Å²) in [6.07, 6.45) is 1.09. The summed E-state index contributed by atoms with van der Waals surface area (Å²) in [5, 5.41) is 25.2. The molecule has 4 N–H and O–H groups in total. The Labute approximate surface area is 147 Å². The highest BCUT2D eigenvalue weighted by Crippen LogP contribution is 2.21. The van der Waals surface area contributed by atoms with E-state index < -0.39 is 5.97 Å². The summed E-state index contributed by atoms with van der Waals surface area (Å²) < 4.78 is 6.16. The van der Waals surface area contributed by atoms with Crippen LogP contribution in [-0.2, 0) is 0 Å². The number of aromatic carboxylic acids is 1. The number of carboxylic acids is 1. The number of benzene rings is 1. The van der Waals surface area contributed by atoms with Crippen molar-refractivity contribution < 1.29 is 14.6 Å². The van der Waals surface area contributed by atoms with Crippen molar-refractivity contribution in [2.75, 3.05) is 18.2 Å². The van der Waals surface area contributed by atoms with Gasteiger partial charge in [-0.25, -0.2) is 4.79 Å². The number of nitriles is 1. The third kappa shape index (κ3) is 3.22. The molecule has 3 rings (SSSR count). The Morgan fingerprint density at radius 2 is 2.08 bits per heavy atom. The van der Waals surface area contributed by atoms with Crippen molar-refractivity contribution in [1.29, 1.82) is 5.26 Å². The van der Waals surface area contributed by atoms with Crippen LogP contribution in [-0.4, -0.2) is 37.9 Å². The Balaban J connectivity index is 1.99. The maximum Gasteiger partial charge on any atom is 0.341 e. The van der Waals surface area contributed by atoms with E-state index in [-0.39, 0.29) is 23.0 Å². The third-order valence-corrected chi connectivity index (χ3v) is 3.42. The summed E-state index contributed by atoms with van der Waals surface area (Å²) in [4.78, 5) is 19.4. The molecule has 0 unspecified atom stereocenters. The highest BCUT2D eigenvalue weighted by molar-refractivity contribution is 5.92. The molecule has 26 heavy (non-hydrogen) atoms. The first-order chi connectivity index (χ1) is 12.5. The van der Waals surface area contributed by atoms with E-state index in [1.54, 1.807) is 31.4 Å². The minimum atomic E-state index is -1.22. The zero-order valence-corrected chi connectivity index (χ0v) is 13.5. The standard InChI is InChI=1S/C16H13N7O3/c1-26-11-4-2-9(3-5-11)20-13-6-10(7-17)21-16(22-13)23-14(18)12(8-19-23)15(24)25/h2-6,8H,18H2,1H3,(H,24,25)(H,20,21,22). The van der Waals surface area contributed by atoms with Gasteiger partial charge in [-0.3, -0.25) is 0 Å². The Bertz CT molecular complexity index is 1010. The van der Waals surface area contributed by atoms with Crippen LogP contribution in [0.1, 0.15) is 16.1 Å². The number of hydrogen-bond acceptors (Lipinski definition) is 8. The summed E-state index contributed by atoms with van der Waals surface area (Å²) in [5.74, 6) is -0.361. The molecule has 0 saturated carbocycles. The van der Waals surface area contributed by atoms with Gasteiger partial charge in [-0.1, -0.05) is 0 Å². The molecule has 1 aromatic carbocycles. The molecule has 0 aliphatic heterocycles. The van der Waals surface area contributed by atoms with E-state index in [4.69, 9.17) is 15.6 Å². The Morgan fingerprint density at radius 3 is 2.65 bits per heavy atom. The lowest BCUT2D eigenvalue weighted by Gasteiger charge is -2.09. The van der Waals surface area contributed by atoms with E-state index in [0.717, 1.165) is 10.9 Å². The molecule has 2 heterocycles. The maximum atomic E-state index is 11.1. The lowest BCUT2D eigenvalue weighted by molar-refractivity contribution is 0.0698. The number of anilines is 3. The van der Waals surface area contributed by atoms with Gasteiger partial charge < -0.3 is 20.9 Å². The van der Waals surface area contributed by atoms with Crippen LogP contribution < -0.4 is 15.8 Å². The fourth-order valence-electron chi connectivity index (χ4n) is 2.15. The van der Waals surface area contributed by atoms with Crippen molar-refractivity contribution in [2.45, 2.75) is 0 Å². The van der Waals surface area contributed by atoms with Crippen LogP contribution in [0.3, 0.4) is 0 Å². The lowest BCUT2D eigenvalue weighted by Crippen LogP contribution is -2.10. The second-order valence-corrected chi connectivity index (χ2v) is 5.06. The number of carboxylic acid groups (broad SMARTS) is 1. The zero-order valence-electron chi connectivity index (χ0n) is 13.5. The van der Waals surface area contributed by atoms with Crippen molar-refractivity contribution in [3.8, 4) is 17.8 Å². The smallest absolute Gasteiger partial charge is 0.341 e. The van der Waals surface area contributed by atoms with Crippen LogP contribution in [0, 0.1) is 11.3 Å². The Kier molecular flexibility index (Phi) is 4.36. The molecular formula is C16H13N7O3. The van der Waals surface area contributed by atoms with Gasteiger partial charge in [-0.15, -0.1) is 0 Å². The Morgan fingerprint density at radius 1 is 1.35 bits per heavy atom. The first-order valence-corrected chi connectivity index (χ1v) is 7.29. The number of carbonyl (C=O) groups is 1. The van der Waals surface area contributed by atoms with Crippen LogP contribution in [0.25, 0.3) is 5.95 Å². The quantitative estimate of drug-likeness (QED) is 0.621. The van der Waals surface area contributed by atoms with Crippen molar-refractivity contribution in [2.24, 2.45) is 0 Å². The van der Waals surface area contributed by atoms with E-state index >= 15 is 0 Å². The molecule has 0 aliphatic carbocycles. The number of aromatic nitrogens is 4. The van der Waals surface area contributed by atoms with Crippen LogP contribution in [0.4, 0.5) is 17.3 Å². The largest absolute Gasteiger partial charge is 0.497 e. The van der Waals surface area contributed by atoms with E-state index in [1.807, 2.05) is 6.07 Å². The van der Waals surface area contributed by atoms with E-state index in [0.29, 0.717) is 17.3 Å². The molecule has 0 fully saturated rings. The first kappa shape index (κ1) is 16.7. The van der Waals surface area contributed by atoms with Gasteiger partial charge in [-0.05, 0) is 24.3 Å². The normalized spacial score (nSPS) is 10.2. The van der Waals surface area contributed by atoms with E-state index in [2.05, 4.69) is 20.4 Å². The van der Waals surface area contributed by atoms with Crippen LogP contribution in [0.15, 0.2) is 36.5 Å². The molecule has 0 radical (unpaired) electrons. The number of ether oxygens (including phenoxy) is 1. The second kappa shape index (κ2) is 6.78. The summed E-state index contributed by atoms with van der Waals surface area (Å²) in [5.41, 5.74) is 6.38. The van der Waals surface area contributed by atoms with E-state index in [1.165, 1.54) is 6.07 Å². The number of nitrogens with zero attached hydrogens (tertiary/aromatic N) is 5. The van der Waals surface area contributed by atoms with Gasteiger partial charge in [0.05, 0.1) is 13.3 Å².